The molecule has 1 aromatic heterocycles. The van der Waals surface area contributed by atoms with Crippen molar-refractivity contribution in [2.24, 2.45) is 7.05 Å². The number of alkyl halides is 3. The highest BCUT2D eigenvalue weighted by molar-refractivity contribution is 5.49. The van der Waals surface area contributed by atoms with Crippen LogP contribution in [0.3, 0.4) is 0 Å². The summed E-state index contributed by atoms with van der Waals surface area (Å²) in [6.45, 7) is 4.35. The van der Waals surface area contributed by atoms with E-state index in [1.54, 1.807) is 6.07 Å². The molecule has 0 saturated carbocycles. The average Bonchev–Trinajstić information content (AvgIpc) is 2.71. The topological polar surface area (TPSA) is 86.3 Å². The Morgan fingerprint density at radius 1 is 1.13 bits per heavy atom. The second-order valence-electron chi connectivity index (χ2n) is 7.24. The van der Waals surface area contributed by atoms with Crippen LogP contribution in [0, 0.1) is 0 Å². The Morgan fingerprint density at radius 3 is 2.57 bits per heavy atom. The highest BCUT2D eigenvalue weighted by Crippen LogP contribution is 2.31. The summed E-state index contributed by atoms with van der Waals surface area (Å²) >= 11 is 0. The predicted octanol–water partition coefficient (Wildman–Crippen LogP) is 1.50. The number of nitrogens with one attached hydrogen (secondary N) is 2. The lowest BCUT2D eigenvalue weighted by atomic mass is 10.1. The van der Waals surface area contributed by atoms with E-state index in [4.69, 9.17) is 0 Å². The Hall–Kier alpha value is -2.82. The Kier molecular flexibility index (Phi) is 6.80. The first-order chi connectivity index (χ1) is 14.2. The molecule has 0 unspecified atom stereocenters. The van der Waals surface area contributed by atoms with Crippen LogP contribution in [0.2, 0.25) is 0 Å². The van der Waals surface area contributed by atoms with Crippen LogP contribution in [0.1, 0.15) is 18.4 Å². The molecule has 0 radical (unpaired) electrons. The van der Waals surface area contributed by atoms with Crippen molar-refractivity contribution < 1.29 is 13.2 Å². The summed E-state index contributed by atoms with van der Waals surface area (Å²) in [6, 6.07) is 5.45. The zero-order chi connectivity index (χ0) is 21.7. The Bertz CT molecular complexity index is 964. The normalized spacial score (nSPS) is 15.4. The minimum atomic E-state index is -4.33. The summed E-state index contributed by atoms with van der Waals surface area (Å²) in [7, 11) is 1.46. The van der Waals surface area contributed by atoms with Gasteiger partial charge in [-0.05, 0) is 37.6 Å². The summed E-state index contributed by atoms with van der Waals surface area (Å²) in [5, 5.41) is 6.81. The lowest BCUT2D eigenvalue weighted by molar-refractivity contribution is -0.137. The van der Waals surface area contributed by atoms with Crippen LogP contribution < -0.4 is 21.5 Å². The van der Waals surface area contributed by atoms with Crippen molar-refractivity contribution in [3.8, 4) is 0 Å². The van der Waals surface area contributed by atoms with Gasteiger partial charge >= 0.3 is 11.9 Å². The number of benzene rings is 1. The monoisotopic (exact) mass is 426 g/mol. The highest BCUT2D eigenvalue weighted by atomic mass is 19.4. The number of aromatic amines is 1. The minimum absolute atomic E-state index is 0.117. The molecule has 0 spiro atoms. The van der Waals surface area contributed by atoms with Crippen molar-refractivity contribution >= 4 is 11.5 Å². The van der Waals surface area contributed by atoms with E-state index < -0.39 is 23.0 Å². The van der Waals surface area contributed by atoms with E-state index >= 15 is 0 Å². The van der Waals surface area contributed by atoms with Crippen LogP contribution in [0.15, 0.2) is 33.9 Å². The first-order valence-electron chi connectivity index (χ1n) is 9.80. The highest BCUT2D eigenvalue weighted by Gasteiger charge is 2.31. The number of aromatic nitrogens is 3. The van der Waals surface area contributed by atoms with Gasteiger partial charge in [0.15, 0.2) is 0 Å². The molecule has 0 bridgehead atoms. The second kappa shape index (κ2) is 9.33. The predicted molar refractivity (Wildman–Crippen MR) is 108 cm³/mol. The summed E-state index contributed by atoms with van der Waals surface area (Å²) in [6.07, 6.45) is -2.61. The van der Waals surface area contributed by atoms with Gasteiger partial charge in [-0.25, -0.2) is 9.48 Å². The molecule has 1 aromatic carbocycles. The number of rotatable bonds is 7. The third-order valence-corrected chi connectivity index (χ3v) is 5.08. The molecule has 3 rings (SSSR count). The maximum Gasteiger partial charge on any atom is 0.416 e. The van der Waals surface area contributed by atoms with Crippen LogP contribution in [0.25, 0.3) is 0 Å². The lowest BCUT2D eigenvalue weighted by Gasteiger charge is -2.36. The molecule has 1 aliphatic rings. The average molecular weight is 426 g/mol. The van der Waals surface area contributed by atoms with Crippen LogP contribution in [0.4, 0.5) is 24.7 Å². The van der Waals surface area contributed by atoms with Gasteiger partial charge in [0.25, 0.3) is 5.56 Å². The van der Waals surface area contributed by atoms with Gasteiger partial charge in [0.2, 0.25) is 5.82 Å². The molecule has 1 aliphatic heterocycles. The third-order valence-electron chi connectivity index (χ3n) is 5.08. The molecule has 1 fully saturated rings. The van der Waals surface area contributed by atoms with Gasteiger partial charge in [-0.2, -0.15) is 13.2 Å². The lowest BCUT2D eigenvalue weighted by Crippen LogP contribution is -2.46. The number of anilines is 2. The fourth-order valence-electron chi connectivity index (χ4n) is 3.37. The molecule has 11 heteroatoms. The van der Waals surface area contributed by atoms with Gasteiger partial charge < -0.3 is 10.2 Å². The Labute approximate surface area is 171 Å². The van der Waals surface area contributed by atoms with Crippen molar-refractivity contribution in [1.82, 2.24) is 19.7 Å². The maximum absolute atomic E-state index is 12.9. The summed E-state index contributed by atoms with van der Waals surface area (Å²) in [5.74, 6) is 0.117. The van der Waals surface area contributed by atoms with Crippen LogP contribution in [-0.2, 0) is 13.2 Å². The first kappa shape index (κ1) is 21.9. The number of halogens is 3. The van der Waals surface area contributed by atoms with E-state index in [0.29, 0.717) is 25.3 Å². The molecule has 8 nitrogen and oxygen atoms in total. The summed E-state index contributed by atoms with van der Waals surface area (Å²) in [4.78, 5) is 29.4. The molecule has 2 heterocycles. The van der Waals surface area contributed by atoms with Crippen molar-refractivity contribution in [2.45, 2.75) is 19.0 Å². The number of unbranched alkanes of at least 4 members (excludes halogenated alkanes) is 1. The number of piperazine rings is 1. The Morgan fingerprint density at radius 2 is 1.87 bits per heavy atom. The zero-order valence-electron chi connectivity index (χ0n) is 16.7. The van der Waals surface area contributed by atoms with Crippen LogP contribution >= 0.6 is 0 Å². The van der Waals surface area contributed by atoms with Gasteiger partial charge in [0, 0.05) is 45.5 Å². The molecule has 30 heavy (non-hydrogen) atoms. The van der Waals surface area contributed by atoms with Gasteiger partial charge in [-0.3, -0.25) is 14.7 Å². The van der Waals surface area contributed by atoms with E-state index in [2.05, 4.69) is 20.3 Å². The van der Waals surface area contributed by atoms with E-state index in [-0.39, 0.29) is 5.82 Å². The molecule has 0 aliphatic carbocycles. The second-order valence-corrected chi connectivity index (χ2v) is 7.24. The standard InChI is InChI=1S/C19H25F3N6O2/c1-26-18(30)24-17(29)16(25-26)23-7-2-3-8-27-9-11-28(12-10-27)15-6-4-5-14(13-15)19(20,21)22/h4-6,13H,2-3,7-12H2,1H3,(H,23,25)(H,24,29,30). The number of nitrogens with zero attached hydrogens (tertiary/aromatic N) is 4. The third kappa shape index (κ3) is 5.62. The van der Waals surface area contributed by atoms with Crippen molar-refractivity contribution in [1.29, 1.82) is 0 Å². The molecule has 1 saturated heterocycles. The maximum atomic E-state index is 12.9. The van der Waals surface area contributed by atoms with Crippen molar-refractivity contribution in [3.05, 3.63) is 50.7 Å². The number of aryl methyl sites for hydroxylation is 1. The fraction of sp³-hybridized carbons (Fsp3) is 0.526. The van der Waals surface area contributed by atoms with Crippen LogP contribution in [0.5, 0.6) is 0 Å². The summed E-state index contributed by atoms with van der Waals surface area (Å²) < 4.78 is 39.8. The molecule has 2 N–H and O–H groups in total. The molecule has 0 atom stereocenters. The van der Waals surface area contributed by atoms with Gasteiger partial charge in [-0.1, -0.05) is 6.07 Å². The van der Waals surface area contributed by atoms with Gasteiger partial charge in [0.05, 0.1) is 5.56 Å². The van der Waals surface area contributed by atoms with Gasteiger partial charge in [-0.15, -0.1) is 5.10 Å². The minimum Gasteiger partial charge on any atom is -0.369 e. The molecule has 0 amide bonds. The summed E-state index contributed by atoms with van der Waals surface area (Å²) in [5.41, 5.74) is -1.12. The molecule has 2 aromatic rings. The van der Waals surface area contributed by atoms with E-state index in [9.17, 15) is 22.8 Å². The molecule has 164 valence electrons. The smallest absolute Gasteiger partial charge is 0.369 e. The van der Waals surface area contributed by atoms with Gasteiger partial charge in [0.1, 0.15) is 0 Å². The largest absolute Gasteiger partial charge is 0.416 e. The number of hydrogen-bond donors (Lipinski definition) is 2. The van der Waals surface area contributed by atoms with Crippen molar-refractivity contribution in [2.75, 3.05) is 49.5 Å². The SMILES string of the molecule is Cn1nc(NCCCCN2CCN(c3cccc(C(F)(F)F)c3)CC2)c(=O)[nH]c1=O. The fourth-order valence-corrected chi connectivity index (χ4v) is 3.37. The zero-order valence-corrected chi connectivity index (χ0v) is 16.7. The number of hydrogen-bond acceptors (Lipinski definition) is 6. The Balaban J connectivity index is 1.39. The van der Waals surface area contributed by atoms with E-state index in [1.165, 1.54) is 19.2 Å². The van der Waals surface area contributed by atoms with Crippen LogP contribution in [-0.4, -0.2) is 58.9 Å². The molecular weight excluding hydrogens is 401 g/mol. The van der Waals surface area contributed by atoms with E-state index in [0.717, 1.165) is 43.2 Å². The quantitative estimate of drug-likeness (QED) is 0.653. The number of H-pyrrole nitrogens is 1. The van der Waals surface area contributed by atoms with E-state index in [1.807, 2.05) is 4.90 Å². The first-order valence-corrected chi connectivity index (χ1v) is 9.80. The van der Waals surface area contributed by atoms with Crippen molar-refractivity contribution in [3.63, 3.8) is 0 Å². The molecular formula is C19H25F3N6O2.